The van der Waals surface area contributed by atoms with Gasteiger partial charge >= 0.3 is 131 Å². The van der Waals surface area contributed by atoms with Crippen LogP contribution >= 0.6 is 0 Å². The molecule has 0 aliphatic carbocycles. The van der Waals surface area contributed by atoms with Crippen molar-refractivity contribution in [1.29, 1.82) is 0 Å². The van der Waals surface area contributed by atoms with Crippen LogP contribution in [0.4, 0.5) is 4.79 Å². The normalized spacial score (nSPS) is 8.87. The molecule has 0 heterocycles. The summed E-state index contributed by atoms with van der Waals surface area (Å²) in [5.41, 5.74) is 0. The molecule has 0 fully saturated rings. The summed E-state index contributed by atoms with van der Waals surface area (Å²) < 4.78 is 0. The number of carboxylic acid groups (broad SMARTS) is 2. The van der Waals surface area contributed by atoms with E-state index in [0.717, 1.165) is 0 Å². The number of hydrogen-bond donors (Lipinski definition) is 6. The van der Waals surface area contributed by atoms with Crippen LogP contribution in [0.5, 0.6) is 0 Å². The smallest absolute Gasteiger partial charge is 0.894 e. The second-order valence-electron chi connectivity index (χ2n) is 1.90. The zero-order valence-electron chi connectivity index (χ0n) is 11.3. The summed E-state index contributed by atoms with van der Waals surface area (Å²) in [5.74, 6) is 0. The number of carbonyl (C=O) groups excluding carboxylic acids is 1. The van der Waals surface area contributed by atoms with E-state index in [2.05, 4.69) is 0 Å². The van der Waals surface area contributed by atoms with Crippen molar-refractivity contribution in [3.8, 4) is 0 Å². The Kier molecular flexibility index (Phi) is 55.8. The summed E-state index contributed by atoms with van der Waals surface area (Å²) in [7, 11) is -15.3. The maximum atomic E-state index is 8.80. The summed E-state index contributed by atoms with van der Waals surface area (Å²) in [5, 5.41) is 16.7. The van der Waals surface area contributed by atoms with Crippen molar-refractivity contribution in [2.24, 2.45) is 0 Å². The minimum absolute atomic E-state index is 0. The van der Waals surface area contributed by atoms with Crippen molar-refractivity contribution < 1.29 is 102 Å². The van der Waals surface area contributed by atoms with E-state index in [9.17, 15) is 0 Å². The Bertz CT molecular complexity index is 176. The largest absolute Gasteiger partial charge is 3.00 e. The third kappa shape index (κ3) is 1150. The predicted molar refractivity (Wildman–Crippen MR) is 53.2 cm³/mol. The van der Waals surface area contributed by atoms with E-state index in [1.54, 1.807) is 0 Å². The minimum Gasteiger partial charge on any atom is -0.894 e. The number of hydrogen-bond acceptors (Lipinski definition) is 15. The monoisotopic (exact) mass is 472 g/mol. The molecule has 120 valence electrons. The first kappa shape index (κ1) is 50.3. The van der Waals surface area contributed by atoms with E-state index in [4.69, 9.17) is 72.6 Å². The quantitative estimate of drug-likeness (QED) is 0.178. The van der Waals surface area contributed by atoms with Gasteiger partial charge in [-0.15, -0.1) is 0 Å². The first-order chi connectivity index (χ1) is 7.73. The van der Waals surface area contributed by atoms with E-state index in [1.165, 1.54) is 0 Å². The van der Waals surface area contributed by atoms with Gasteiger partial charge in [0.1, 0.15) is 9.05 Å². The summed E-state index contributed by atoms with van der Waals surface area (Å²) in [6, 6.07) is 0. The van der Waals surface area contributed by atoms with Gasteiger partial charge in [0.25, 0.3) is 0 Å². The molecule has 0 spiro atoms. The second-order valence-corrected chi connectivity index (χ2v) is 5.20. The number of carbonyl (C=O) groups is 1. The molecule has 0 aliphatic rings. The van der Waals surface area contributed by atoms with Crippen LogP contribution in [0, 0.1) is 0 Å². The van der Waals surface area contributed by atoms with E-state index in [-0.39, 0.29) is 122 Å². The molecule has 22 heteroatoms. The van der Waals surface area contributed by atoms with Crippen molar-refractivity contribution in [1.82, 2.24) is 0 Å². The van der Waals surface area contributed by atoms with E-state index >= 15 is 0 Å². The Morgan fingerprint density at radius 2 is 0.696 bits per heavy atom. The molecule has 0 aromatic rings. The average molecular weight is 472 g/mol. The SMILES string of the molecule is O=C([O-])[O-].O[Si](O)(O)O.[Al+3].[Ca+2].[Ca+2].[Na+].[O-][Si]([O-])(O)O.[O-][Si]([O-])([O-])[O-]. The standard InChI is InChI=1S/CH2O3.Al.2Ca.Na.H4O4Si.H2O4Si.O4Si/c2-1(3)4;;;;;3*1-5(2,3)4/h(H2,2,3,4);;;;;1-4H;1-2H;/q;+3;2*+2;+1;;-2;-4/p-2. The summed E-state index contributed by atoms with van der Waals surface area (Å²) in [6.45, 7) is 0. The number of rotatable bonds is 0. The van der Waals surface area contributed by atoms with Gasteiger partial charge in [-0.1, -0.05) is 0 Å². The molecule has 0 rings (SSSR count). The summed E-state index contributed by atoms with van der Waals surface area (Å²) >= 11 is 0. The summed E-state index contributed by atoms with van der Waals surface area (Å²) in [6.07, 6.45) is -2.33. The van der Waals surface area contributed by atoms with Gasteiger partial charge in [0.15, 0.2) is 0 Å². The Balaban J connectivity index is -0.0000000206. The van der Waals surface area contributed by atoms with Crippen LogP contribution in [0.2, 0.25) is 0 Å². The van der Waals surface area contributed by atoms with Gasteiger partial charge in [-0.25, -0.2) is 0 Å². The van der Waals surface area contributed by atoms with Gasteiger partial charge in [0, 0.05) is 0 Å². The molecule has 6 N–H and O–H groups in total. The fraction of sp³-hybridized carbons (Fsp3) is 0. The third-order valence-corrected chi connectivity index (χ3v) is 0. The molecular formula is CH6AlCa2NaO15Si3. The van der Waals surface area contributed by atoms with Crippen molar-refractivity contribution in [3.05, 3.63) is 0 Å². The maximum Gasteiger partial charge on any atom is 3.00 e. The molecule has 0 unspecified atom stereocenters. The summed E-state index contributed by atoms with van der Waals surface area (Å²) in [4.78, 5) is 104. The molecule has 23 heavy (non-hydrogen) atoms. The first-order valence-corrected chi connectivity index (χ1v) is 8.31. The maximum absolute atomic E-state index is 8.80. The minimum atomic E-state index is -5.61. The molecule has 0 aliphatic heterocycles. The molecule has 15 nitrogen and oxygen atoms in total. The van der Waals surface area contributed by atoms with E-state index in [0.29, 0.717) is 0 Å². The van der Waals surface area contributed by atoms with Crippen LogP contribution in [-0.2, 0) is 0 Å². The molecule has 0 saturated carbocycles. The van der Waals surface area contributed by atoms with Crippen LogP contribution in [0.15, 0.2) is 0 Å². The van der Waals surface area contributed by atoms with Gasteiger partial charge in [-0.3, -0.25) is 0 Å². The predicted octanol–water partition coefficient (Wildman–Crippen LogP) is -18.2. The van der Waals surface area contributed by atoms with Crippen LogP contribution in [0.25, 0.3) is 0 Å². The molecule has 0 bridgehead atoms. The third-order valence-electron chi connectivity index (χ3n) is 0. The first-order valence-electron chi connectivity index (χ1n) is 3.18. The van der Waals surface area contributed by atoms with Crippen LogP contribution in [0.3, 0.4) is 0 Å². The van der Waals surface area contributed by atoms with Gasteiger partial charge in [0.05, 0.1) is 0 Å². The van der Waals surface area contributed by atoms with Crippen LogP contribution in [-0.4, -0.2) is 155 Å². The molecule has 0 radical (unpaired) electrons. The van der Waals surface area contributed by atoms with Gasteiger partial charge in [-0.05, 0) is 6.16 Å². The fourth-order valence-electron chi connectivity index (χ4n) is 0. The molecule has 0 atom stereocenters. The molecule has 0 amide bonds. The van der Waals surface area contributed by atoms with Crippen molar-refractivity contribution in [2.75, 3.05) is 0 Å². The van der Waals surface area contributed by atoms with Gasteiger partial charge < -0.3 is 81.6 Å². The molecule has 0 aromatic heterocycles. The average Bonchev–Trinajstić information content (AvgIpc) is 1.66. The Morgan fingerprint density at radius 1 is 0.696 bits per heavy atom. The Labute approximate surface area is 224 Å². The fourth-order valence-corrected chi connectivity index (χ4v) is 0. The van der Waals surface area contributed by atoms with E-state index < -0.39 is 33.3 Å². The zero-order chi connectivity index (χ0) is 17.1. The Morgan fingerprint density at radius 3 is 0.696 bits per heavy atom. The molecule has 0 aromatic carbocycles. The second kappa shape index (κ2) is 25.5. The van der Waals surface area contributed by atoms with E-state index in [1.807, 2.05) is 0 Å². The van der Waals surface area contributed by atoms with Crippen LogP contribution in [0.1, 0.15) is 0 Å². The zero-order valence-corrected chi connectivity index (χ0v) is 21.9. The topological polar surface area (TPSA) is 323 Å². The van der Waals surface area contributed by atoms with Gasteiger partial charge in [0.2, 0.25) is 0 Å². The van der Waals surface area contributed by atoms with Crippen molar-refractivity contribution in [3.63, 3.8) is 0 Å². The Hall–Kier alpha value is 3.49. The van der Waals surface area contributed by atoms with Crippen molar-refractivity contribution >= 4 is 126 Å². The molecule has 0 saturated heterocycles. The molecular weight excluding hydrogens is 466 g/mol. The van der Waals surface area contributed by atoms with Crippen LogP contribution < -0.4 is 68.5 Å². The van der Waals surface area contributed by atoms with Gasteiger partial charge in [-0.2, -0.15) is 0 Å². The van der Waals surface area contributed by atoms with Crippen molar-refractivity contribution in [2.45, 2.75) is 0 Å².